The Morgan fingerprint density at radius 3 is 2.80 bits per heavy atom. The van der Waals surface area contributed by atoms with Gasteiger partial charge in [-0.2, -0.15) is 5.10 Å². The van der Waals surface area contributed by atoms with Gasteiger partial charge in [0.05, 0.1) is 11.7 Å². The number of nitrogens with zero attached hydrogens (tertiary/aromatic N) is 4. The van der Waals surface area contributed by atoms with Crippen molar-refractivity contribution in [1.29, 1.82) is 0 Å². The number of aryl methyl sites for hydroxylation is 1. The molecule has 1 saturated heterocycles. The first-order valence-corrected chi connectivity index (χ1v) is 10.3. The quantitative estimate of drug-likeness (QED) is 0.722. The first kappa shape index (κ1) is 18.6. The Labute approximate surface area is 173 Å². The SMILES string of the molecule is Cc1cc(C(=O)N2CCCCC2c2cc(C(=O)N3CCc4ccccc43)n[nH]2)no1. The molecule has 8 nitrogen and oxygen atoms in total. The number of amides is 2. The van der Waals surface area contributed by atoms with Gasteiger partial charge in [0.15, 0.2) is 11.4 Å². The molecule has 0 bridgehead atoms. The topological polar surface area (TPSA) is 95.3 Å². The minimum absolute atomic E-state index is 0.122. The lowest BCUT2D eigenvalue weighted by Gasteiger charge is -2.34. The second-order valence-electron chi connectivity index (χ2n) is 7.88. The second kappa shape index (κ2) is 7.44. The molecule has 1 fully saturated rings. The number of fused-ring (bicyclic) bond motifs is 1. The standard InChI is InChI=1S/C22H23N5O3/c1-14-12-18(25-30-14)22(29)26-10-5-4-8-20(26)16-13-17(24-23-16)21(28)27-11-9-15-6-2-3-7-19(15)27/h2-3,6-7,12-13,20H,4-5,8-11H2,1H3,(H,23,24). The molecule has 30 heavy (non-hydrogen) atoms. The zero-order valence-electron chi connectivity index (χ0n) is 16.8. The van der Waals surface area contributed by atoms with Crippen LogP contribution in [0.4, 0.5) is 5.69 Å². The van der Waals surface area contributed by atoms with E-state index in [-0.39, 0.29) is 17.9 Å². The van der Waals surface area contributed by atoms with Gasteiger partial charge in [0.1, 0.15) is 5.76 Å². The summed E-state index contributed by atoms with van der Waals surface area (Å²) in [5, 5.41) is 11.2. The van der Waals surface area contributed by atoms with E-state index in [0.29, 0.717) is 30.2 Å². The molecule has 0 spiro atoms. The number of likely N-dealkylation sites (tertiary alicyclic amines) is 1. The first-order valence-electron chi connectivity index (χ1n) is 10.3. The average Bonchev–Trinajstić information content (AvgIpc) is 3.52. The van der Waals surface area contributed by atoms with Crippen molar-refractivity contribution in [1.82, 2.24) is 20.3 Å². The van der Waals surface area contributed by atoms with Gasteiger partial charge in [-0.05, 0) is 50.3 Å². The van der Waals surface area contributed by atoms with Gasteiger partial charge in [-0.15, -0.1) is 0 Å². The van der Waals surface area contributed by atoms with Crippen LogP contribution >= 0.6 is 0 Å². The van der Waals surface area contributed by atoms with Crippen molar-refractivity contribution < 1.29 is 14.1 Å². The van der Waals surface area contributed by atoms with E-state index < -0.39 is 0 Å². The fourth-order valence-electron chi connectivity index (χ4n) is 4.42. The number of anilines is 1. The normalized spacial score (nSPS) is 18.5. The fourth-order valence-corrected chi connectivity index (χ4v) is 4.42. The molecule has 0 aliphatic carbocycles. The molecule has 8 heteroatoms. The van der Waals surface area contributed by atoms with Gasteiger partial charge in [0.25, 0.3) is 11.8 Å². The number of carbonyl (C=O) groups is 2. The van der Waals surface area contributed by atoms with Crippen molar-refractivity contribution in [2.45, 2.75) is 38.6 Å². The van der Waals surface area contributed by atoms with Gasteiger partial charge < -0.3 is 14.3 Å². The molecule has 2 aliphatic rings. The summed E-state index contributed by atoms with van der Waals surface area (Å²) in [4.78, 5) is 29.6. The van der Waals surface area contributed by atoms with Crippen molar-refractivity contribution in [3.8, 4) is 0 Å². The Morgan fingerprint density at radius 1 is 1.10 bits per heavy atom. The molecular weight excluding hydrogens is 382 g/mol. The minimum atomic E-state index is -0.164. The number of hydrogen-bond donors (Lipinski definition) is 1. The van der Waals surface area contributed by atoms with Gasteiger partial charge in [-0.1, -0.05) is 23.4 Å². The summed E-state index contributed by atoms with van der Waals surface area (Å²) in [7, 11) is 0. The zero-order valence-corrected chi connectivity index (χ0v) is 16.8. The van der Waals surface area contributed by atoms with Crippen molar-refractivity contribution in [2.24, 2.45) is 0 Å². The molecule has 0 saturated carbocycles. The Kier molecular flexibility index (Phi) is 4.61. The van der Waals surface area contributed by atoms with Gasteiger partial charge in [-0.25, -0.2) is 0 Å². The lowest BCUT2D eigenvalue weighted by atomic mass is 9.98. The van der Waals surface area contributed by atoms with Crippen LogP contribution in [-0.2, 0) is 6.42 Å². The second-order valence-corrected chi connectivity index (χ2v) is 7.88. The van der Waals surface area contributed by atoms with Crippen LogP contribution in [-0.4, -0.2) is 45.2 Å². The van der Waals surface area contributed by atoms with E-state index in [0.717, 1.165) is 37.1 Å². The smallest absolute Gasteiger partial charge is 0.278 e. The largest absolute Gasteiger partial charge is 0.361 e. The van der Waals surface area contributed by atoms with E-state index >= 15 is 0 Å². The molecule has 154 valence electrons. The molecule has 2 aromatic heterocycles. The highest BCUT2D eigenvalue weighted by Crippen LogP contribution is 2.33. The number of rotatable bonds is 3. The molecule has 2 aliphatic heterocycles. The minimum Gasteiger partial charge on any atom is -0.361 e. The number of H-pyrrole nitrogens is 1. The van der Waals surface area contributed by atoms with Gasteiger partial charge in [0, 0.05) is 24.8 Å². The number of benzene rings is 1. The molecule has 5 rings (SSSR count). The van der Waals surface area contributed by atoms with Crippen molar-refractivity contribution in [3.05, 3.63) is 64.8 Å². The van der Waals surface area contributed by atoms with Crippen molar-refractivity contribution >= 4 is 17.5 Å². The zero-order chi connectivity index (χ0) is 20.7. The lowest BCUT2D eigenvalue weighted by Crippen LogP contribution is -2.38. The number of piperidine rings is 1. The van der Waals surface area contributed by atoms with E-state index in [4.69, 9.17) is 4.52 Å². The van der Waals surface area contributed by atoms with Crippen molar-refractivity contribution in [2.75, 3.05) is 18.0 Å². The summed E-state index contributed by atoms with van der Waals surface area (Å²) < 4.78 is 5.07. The van der Waals surface area contributed by atoms with E-state index in [1.807, 2.05) is 18.2 Å². The number of aromatic nitrogens is 3. The van der Waals surface area contributed by atoms with Crippen LogP contribution in [0.2, 0.25) is 0 Å². The van der Waals surface area contributed by atoms with Crippen LogP contribution < -0.4 is 4.90 Å². The van der Waals surface area contributed by atoms with E-state index in [1.165, 1.54) is 5.56 Å². The summed E-state index contributed by atoms with van der Waals surface area (Å²) >= 11 is 0. The molecule has 1 aromatic carbocycles. The average molecular weight is 405 g/mol. The Bertz CT molecular complexity index is 1100. The highest BCUT2D eigenvalue weighted by Gasteiger charge is 2.33. The van der Waals surface area contributed by atoms with Gasteiger partial charge in [-0.3, -0.25) is 14.7 Å². The molecule has 0 radical (unpaired) electrons. The van der Waals surface area contributed by atoms with Crippen LogP contribution in [0.25, 0.3) is 0 Å². The van der Waals surface area contributed by atoms with Gasteiger partial charge in [0.2, 0.25) is 0 Å². The maximum absolute atomic E-state index is 13.1. The third kappa shape index (κ3) is 3.18. The maximum Gasteiger partial charge on any atom is 0.278 e. The summed E-state index contributed by atoms with van der Waals surface area (Å²) in [5.41, 5.74) is 3.58. The van der Waals surface area contributed by atoms with Crippen LogP contribution in [0, 0.1) is 6.92 Å². The fraction of sp³-hybridized carbons (Fsp3) is 0.364. The number of nitrogens with one attached hydrogen (secondary N) is 1. The Morgan fingerprint density at radius 2 is 1.97 bits per heavy atom. The molecule has 1 atom stereocenters. The van der Waals surface area contributed by atoms with Crippen LogP contribution in [0.3, 0.4) is 0 Å². The van der Waals surface area contributed by atoms with Crippen LogP contribution in [0.5, 0.6) is 0 Å². The molecule has 1 unspecified atom stereocenters. The summed E-state index contributed by atoms with van der Waals surface area (Å²) in [6.07, 6.45) is 3.60. The predicted molar refractivity (Wildman–Crippen MR) is 109 cm³/mol. The van der Waals surface area contributed by atoms with Crippen molar-refractivity contribution in [3.63, 3.8) is 0 Å². The highest BCUT2D eigenvalue weighted by atomic mass is 16.5. The summed E-state index contributed by atoms with van der Waals surface area (Å²) in [6.45, 7) is 3.05. The third-order valence-electron chi connectivity index (χ3n) is 5.92. The molecule has 4 heterocycles. The number of hydrogen-bond acceptors (Lipinski definition) is 5. The maximum atomic E-state index is 13.1. The molecule has 3 aromatic rings. The lowest BCUT2D eigenvalue weighted by molar-refractivity contribution is 0.0595. The predicted octanol–water partition coefficient (Wildman–Crippen LogP) is 3.28. The van der Waals surface area contributed by atoms with Crippen LogP contribution in [0.15, 0.2) is 40.9 Å². The molecule has 1 N–H and O–H groups in total. The Balaban J connectivity index is 1.38. The van der Waals surface area contributed by atoms with E-state index in [1.54, 1.807) is 28.9 Å². The molecular formula is C22H23N5O3. The van der Waals surface area contributed by atoms with Gasteiger partial charge >= 0.3 is 0 Å². The van der Waals surface area contributed by atoms with E-state index in [2.05, 4.69) is 21.4 Å². The Hall–Kier alpha value is -3.42. The van der Waals surface area contributed by atoms with Crippen LogP contribution in [0.1, 0.15) is 63.3 Å². The number of carbonyl (C=O) groups excluding carboxylic acids is 2. The summed E-state index contributed by atoms with van der Waals surface area (Å²) in [5.74, 6) is 0.322. The highest BCUT2D eigenvalue weighted by molar-refractivity contribution is 6.06. The van der Waals surface area contributed by atoms with E-state index in [9.17, 15) is 9.59 Å². The third-order valence-corrected chi connectivity index (χ3v) is 5.92. The number of aromatic amines is 1. The number of para-hydroxylation sites is 1. The summed E-state index contributed by atoms with van der Waals surface area (Å²) in [6, 6.07) is 11.2. The monoisotopic (exact) mass is 405 g/mol. The first-order chi connectivity index (χ1) is 14.6. The molecule has 2 amide bonds.